The zero-order valence-corrected chi connectivity index (χ0v) is 14.4. The Kier molecular flexibility index (Phi) is 5.18. The zero-order valence-electron chi connectivity index (χ0n) is 12.8. The van der Waals surface area contributed by atoms with Crippen LogP contribution < -0.4 is 0 Å². The largest absolute Gasteiger partial charge is 0.480 e. The number of carboxylic acids is 1. The summed E-state index contributed by atoms with van der Waals surface area (Å²) in [6, 6.07) is 8.84. The second-order valence-corrected chi connectivity index (χ2v) is 7.12. The quantitative estimate of drug-likeness (QED) is 0.883. The minimum absolute atomic E-state index is 0.224. The second kappa shape index (κ2) is 7.34. The lowest BCUT2D eigenvalue weighted by atomic mass is 10.1. The van der Waals surface area contributed by atoms with E-state index in [9.17, 15) is 9.59 Å². The summed E-state index contributed by atoms with van der Waals surface area (Å²) in [5, 5.41) is 9.73. The highest BCUT2D eigenvalue weighted by Gasteiger charge is 2.23. The lowest BCUT2D eigenvalue weighted by Crippen LogP contribution is -2.34. The third-order valence-corrected chi connectivity index (χ3v) is 5.22. The van der Waals surface area contributed by atoms with E-state index in [1.807, 2.05) is 6.07 Å². The van der Waals surface area contributed by atoms with Gasteiger partial charge in [0.05, 0.1) is 18.1 Å². The van der Waals surface area contributed by atoms with Gasteiger partial charge in [-0.1, -0.05) is 23.7 Å². The molecule has 0 unspecified atom stereocenters. The standard InChI is InChI=1S/C17H16ClNO4S/c18-13-3-1-11(2-4-13)8-19(9-16(20)21)17(22)15-7-12-10-23-6-5-14(12)24-15/h1-4,7H,5-6,8-10H2,(H,20,21). The van der Waals surface area contributed by atoms with Gasteiger partial charge >= 0.3 is 5.97 Å². The third kappa shape index (κ3) is 3.95. The van der Waals surface area contributed by atoms with Crippen LogP contribution in [0.15, 0.2) is 30.3 Å². The van der Waals surface area contributed by atoms with Crippen molar-refractivity contribution in [2.45, 2.75) is 19.6 Å². The molecular weight excluding hydrogens is 350 g/mol. The van der Waals surface area contributed by atoms with Gasteiger partial charge in [-0.05, 0) is 29.3 Å². The summed E-state index contributed by atoms with van der Waals surface area (Å²) in [6.45, 7) is 1.04. The van der Waals surface area contributed by atoms with E-state index in [2.05, 4.69) is 0 Å². The highest BCUT2D eigenvalue weighted by molar-refractivity contribution is 7.14. The maximum absolute atomic E-state index is 12.8. The first kappa shape index (κ1) is 17.0. The molecule has 24 heavy (non-hydrogen) atoms. The summed E-state index contributed by atoms with van der Waals surface area (Å²) in [5.74, 6) is -1.31. The van der Waals surface area contributed by atoms with E-state index in [1.165, 1.54) is 16.2 Å². The molecule has 126 valence electrons. The maximum Gasteiger partial charge on any atom is 0.323 e. The van der Waals surface area contributed by atoms with Crippen LogP contribution >= 0.6 is 22.9 Å². The third-order valence-electron chi connectivity index (χ3n) is 3.74. The molecule has 1 aliphatic rings. The number of nitrogens with zero attached hydrogens (tertiary/aromatic N) is 1. The van der Waals surface area contributed by atoms with E-state index in [-0.39, 0.29) is 19.0 Å². The molecule has 7 heteroatoms. The van der Waals surface area contributed by atoms with Gasteiger partial charge in [0.2, 0.25) is 0 Å². The first-order chi connectivity index (χ1) is 11.5. The molecule has 1 N–H and O–H groups in total. The van der Waals surface area contributed by atoms with E-state index in [0.29, 0.717) is 23.1 Å². The lowest BCUT2D eigenvalue weighted by Gasteiger charge is -2.20. The molecule has 0 saturated carbocycles. The van der Waals surface area contributed by atoms with Gasteiger partial charge in [0.25, 0.3) is 5.91 Å². The number of hydrogen-bond acceptors (Lipinski definition) is 4. The lowest BCUT2D eigenvalue weighted by molar-refractivity contribution is -0.137. The summed E-state index contributed by atoms with van der Waals surface area (Å²) < 4.78 is 5.40. The average molecular weight is 366 g/mol. The van der Waals surface area contributed by atoms with Crippen LogP contribution in [0, 0.1) is 0 Å². The van der Waals surface area contributed by atoms with Crippen LogP contribution in [-0.2, 0) is 29.1 Å². The van der Waals surface area contributed by atoms with Gasteiger partial charge in [-0.15, -0.1) is 11.3 Å². The number of carbonyl (C=O) groups is 2. The van der Waals surface area contributed by atoms with E-state index in [1.54, 1.807) is 24.3 Å². The number of fused-ring (bicyclic) bond motifs is 1. The predicted molar refractivity (Wildman–Crippen MR) is 91.5 cm³/mol. The van der Waals surface area contributed by atoms with Crippen molar-refractivity contribution in [3.63, 3.8) is 0 Å². The maximum atomic E-state index is 12.8. The smallest absolute Gasteiger partial charge is 0.323 e. The van der Waals surface area contributed by atoms with Crippen molar-refractivity contribution in [1.82, 2.24) is 4.90 Å². The minimum atomic E-state index is -1.04. The molecule has 2 heterocycles. The summed E-state index contributed by atoms with van der Waals surface area (Å²) in [5.41, 5.74) is 1.86. The molecule has 1 amide bonds. The fourth-order valence-electron chi connectivity index (χ4n) is 2.58. The molecule has 0 fully saturated rings. The first-order valence-electron chi connectivity index (χ1n) is 7.48. The number of rotatable bonds is 5. The molecule has 0 aliphatic carbocycles. The Balaban J connectivity index is 1.81. The van der Waals surface area contributed by atoms with Gasteiger partial charge in [-0.2, -0.15) is 0 Å². The number of hydrogen-bond donors (Lipinski definition) is 1. The highest BCUT2D eigenvalue weighted by Crippen LogP contribution is 2.28. The predicted octanol–water partition coefficient (Wildman–Crippen LogP) is 3.20. The first-order valence-corrected chi connectivity index (χ1v) is 8.67. The van der Waals surface area contributed by atoms with E-state index < -0.39 is 5.97 Å². The summed E-state index contributed by atoms with van der Waals surface area (Å²) in [4.78, 5) is 27.0. The molecular formula is C17H16ClNO4S. The van der Waals surface area contributed by atoms with Crippen molar-refractivity contribution >= 4 is 34.8 Å². The molecule has 2 aromatic rings. The van der Waals surface area contributed by atoms with Crippen LogP contribution in [-0.4, -0.2) is 35.0 Å². The van der Waals surface area contributed by atoms with Gasteiger partial charge in [0.15, 0.2) is 0 Å². The fourth-order valence-corrected chi connectivity index (χ4v) is 3.82. The van der Waals surface area contributed by atoms with Crippen LogP contribution in [0.3, 0.4) is 0 Å². The molecule has 3 rings (SSSR count). The monoisotopic (exact) mass is 365 g/mol. The Labute approximate surface area is 148 Å². The van der Waals surface area contributed by atoms with Gasteiger partial charge in [0, 0.05) is 22.9 Å². The van der Waals surface area contributed by atoms with Crippen LogP contribution in [0.5, 0.6) is 0 Å². The molecule has 5 nitrogen and oxygen atoms in total. The summed E-state index contributed by atoms with van der Waals surface area (Å²) in [7, 11) is 0. The topological polar surface area (TPSA) is 66.8 Å². The number of ether oxygens (including phenoxy) is 1. The molecule has 0 radical (unpaired) electrons. The fraction of sp³-hybridized carbons (Fsp3) is 0.294. The molecule has 0 spiro atoms. The number of aliphatic carboxylic acids is 1. The van der Waals surface area contributed by atoms with Crippen molar-refractivity contribution in [3.05, 3.63) is 56.2 Å². The molecule has 1 aromatic heterocycles. The number of carboxylic acid groups (broad SMARTS) is 1. The molecule has 0 bridgehead atoms. The Hall–Kier alpha value is -1.89. The van der Waals surface area contributed by atoms with Crippen molar-refractivity contribution < 1.29 is 19.4 Å². The van der Waals surface area contributed by atoms with Crippen molar-refractivity contribution in [1.29, 1.82) is 0 Å². The molecule has 0 saturated heterocycles. The normalized spacial score (nSPS) is 13.4. The van der Waals surface area contributed by atoms with Crippen LogP contribution in [0.25, 0.3) is 0 Å². The molecule has 1 aromatic carbocycles. The Bertz CT molecular complexity index is 733. The van der Waals surface area contributed by atoms with Gasteiger partial charge in [-0.3, -0.25) is 9.59 Å². The molecule has 0 atom stereocenters. The minimum Gasteiger partial charge on any atom is -0.480 e. The Morgan fingerprint density at radius 3 is 2.71 bits per heavy atom. The average Bonchev–Trinajstić information content (AvgIpc) is 2.99. The van der Waals surface area contributed by atoms with Gasteiger partial charge < -0.3 is 14.7 Å². The highest BCUT2D eigenvalue weighted by atomic mass is 35.5. The molecule has 1 aliphatic heterocycles. The number of carbonyl (C=O) groups excluding carboxylic acids is 1. The summed E-state index contributed by atoms with van der Waals surface area (Å²) in [6.07, 6.45) is 0.795. The van der Waals surface area contributed by atoms with Crippen LogP contribution in [0.4, 0.5) is 0 Å². The number of halogens is 1. The number of benzene rings is 1. The SMILES string of the molecule is O=C(O)CN(Cc1ccc(Cl)cc1)C(=O)c1cc2c(s1)CCOC2. The van der Waals surface area contributed by atoms with E-state index in [0.717, 1.165) is 22.4 Å². The van der Waals surface area contributed by atoms with Crippen molar-refractivity contribution in [2.75, 3.05) is 13.2 Å². The van der Waals surface area contributed by atoms with Crippen LogP contribution in [0.1, 0.15) is 25.7 Å². The van der Waals surface area contributed by atoms with E-state index in [4.69, 9.17) is 21.4 Å². The van der Waals surface area contributed by atoms with Gasteiger partial charge in [0.1, 0.15) is 6.54 Å². The van der Waals surface area contributed by atoms with Crippen molar-refractivity contribution in [3.8, 4) is 0 Å². The Morgan fingerprint density at radius 2 is 2.04 bits per heavy atom. The summed E-state index contributed by atoms with van der Waals surface area (Å²) >= 11 is 7.29. The van der Waals surface area contributed by atoms with Crippen LogP contribution in [0.2, 0.25) is 5.02 Å². The van der Waals surface area contributed by atoms with E-state index >= 15 is 0 Å². The zero-order chi connectivity index (χ0) is 17.1. The van der Waals surface area contributed by atoms with Crippen molar-refractivity contribution in [2.24, 2.45) is 0 Å². The number of thiophene rings is 1. The second-order valence-electron chi connectivity index (χ2n) is 5.54. The van der Waals surface area contributed by atoms with Gasteiger partial charge in [-0.25, -0.2) is 0 Å². The number of amides is 1. The Morgan fingerprint density at radius 1 is 1.29 bits per heavy atom.